The average Bonchev–Trinajstić information content (AvgIpc) is 2.84. The third kappa shape index (κ3) is 3.96. The molecule has 0 spiro atoms. The van der Waals surface area contributed by atoms with E-state index < -0.39 is 16.1 Å². The molecule has 1 fully saturated rings. The molecule has 3 heterocycles. The Morgan fingerprint density at radius 1 is 1.15 bits per heavy atom. The quantitative estimate of drug-likeness (QED) is 0.724. The number of hydrogen-bond donors (Lipinski definition) is 1. The van der Waals surface area contributed by atoms with Gasteiger partial charge in [0.25, 0.3) is 5.91 Å². The molecule has 0 saturated carbocycles. The average molecular weight is 484 g/mol. The van der Waals surface area contributed by atoms with Crippen LogP contribution in [0.1, 0.15) is 37.3 Å². The summed E-state index contributed by atoms with van der Waals surface area (Å²) in [5.74, 6) is -0.317. The maximum absolute atomic E-state index is 13.6. The second-order valence-electron chi connectivity index (χ2n) is 9.29. The standard InChI is InChI=1S/C25H29N3O5S/c1-16-13-20-22(33-17(2)24(29)26-20)14-23(16)34(31,32)27-11-5-9-19(15-27)25(30)28-12-6-8-18-7-3-4-10-21(18)28/h3-4,7,10,13-14,17,19H,5-6,8-9,11-12,15H2,1-2H3,(H,26,29)/t17-,19-/m1/s1. The first-order valence-electron chi connectivity index (χ1n) is 11.8. The van der Waals surface area contributed by atoms with Gasteiger partial charge in [-0.3, -0.25) is 9.59 Å². The van der Waals surface area contributed by atoms with Crippen molar-refractivity contribution in [1.82, 2.24) is 4.31 Å². The summed E-state index contributed by atoms with van der Waals surface area (Å²) in [5.41, 5.74) is 3.09. The zero-order valence-corrected chi connectivity index (χ0v) is 20.2. The highest BCUT2D eigenvalue weighted by atomic mass is 32.2. The van der Waals surface area contributed by atoms with Crippen LogP contribution >= 0.6 is 0 Å². The largest absolute Gasteiger partial charge is 0.479 e. The predicted molar refractivity (Wildman–Crippen MR) is 128 cm³/mol. The Balaban J connectivity index is 1.39. The molecule has 0 unspecified atom stereocenters. The number of aryl methyl sites for hydroxylation is 2. The number of carbonyl (C=O) groups is 2. The molecule has 2 aromatic rings. The molecule has 8 nitrogen and oxygen atoms in total. The Labute approximate surface area is 199 Å². The highest BCUT2D eigenvalue weighted by Crippen LogP contribution is 2.37. The smallest absolute Gasteiger partial charge is 0.265 e. The maximum atomic E-state index is 13.6. The fourth-order valence-corrected chi connectivity index (χ4v) is 6.85. The molecule has 3 aliphatic heterocycles. The van der Waals surface area contributed by atoms with Crippen LogP contribution in [0.2, 0.25) is 0 Å². The van der Waals surface area contributed by atoms with E-state index in [0.29, 0.717) is 42.9 Å². The fourth-order valence-electron chi connectivity index (χ4n) is 5.11. The lowest BCUT2D eigenvalue weighted by Gasteiger charge is -2.36. The molecule has 0 radical (unpaired) electrons. The molecule has 34 heavy (non-hydrogen) atoms. The second kappa shape index (κ2) is 8.70. The van der Waals surface area contributed by atoms with E-state index >= 15 is 0 Å². The molecule has 5 rings (SSSR count). The van der Waals surface area contributed by atoms with Crippen LogP contribution < -0.4 is 15.0 Å². The van der Waals surface area contributed by atoms with Crippen LogP contribution in [0.5, 0.6) is 5.75 Å². The summed E-state index contributed by atoms with van der Waals surface area (Å²) in [5, 5.41) is 2.75. The summed E-state index contributed by atoms with van der Waals surface area (Å²) in [4.78, 5) is 27.4. The van der Waals surface area contributed by atoms with Crippen LogP contribution in [-0.2, 0) is 26.0 Å². The van der Waals surface area contributed by atoms with Gasteiger partial charge in [0.15, 0.2) is 6.10 Å². The SMILES string of the molecule is Cc1cc2c(cc1S(=O)(=O)N1CCC[C@@H](C(=O)N3CCCc4ccccc43)C1)O[C@H](C)C(=O)N2. The molecular weight excluding hydrogens is 454 g/mol. The van der Waals surface area contributed by atoms with Crippen molar-refractivity contribution >= 4 is 33.2 Å². The van der Waals surface area contributed by atoms with Crippen LogP contribution in [-0.4, -0.2) is 50.3 Å². The summed E-state index contributed by atoms with van der Waals surface area (Å²) in [6, 6.07) is 11.1. The lowest BCUT2D eigenvalue weighted by Crippen LogP contribution is -2.48. The zero-order valence-electron chi connectivity index (χ0n) is 19.4. The van der Waals surface area contributed by atoms with Crippen molar-refractivity contribution in [2.24, 2.45) is 5.92 Å². The number of sulfonamides is 1. The van der Waals surface area contributed by atoms with Gasteiger partial charge in [-0.1, -0.05) is 18.2 Å². The minimum atomic E-state index is -3.84. The van der Waals surface area contributed by atoms with Crippen molar-refractivity contribution in [3.8, 4) is 5.75 Å². The molecule has 0 aromatic heterocycles. The van der Waals surface area contributed by atoms with Gasteiger partial charge in [-0.2, -0.15) is 4.31 Å². The van der Waals surface area contributed by atoms with E-state index in [0.717, 1.165) is 24.1 Å². The highest BCUT2D eigenvalue weighted by Gasteiger charge is 2.37. The number of ether oxygens (including phenoxy) is 1. The van der Waals surface area contributed by atoms with Crippen LogP contribution in [0.3, 0.4) is 0 Å². The van der Waals surface area contributed by atoms with E-state index in [1.165, 1.54) is 10.4 Å². The summed E-state index contributed by atoms with van der Waals surface area (Å²) in [7, 11) is -3.84. The molecule has 1 N–H and O–H groups in total. The number of anilines is 2. The molecule has 9 heteroatoms. The van der Waals surface area contributed by atoms with Crippen LogP contribution in [0.25, 0.3) is 0 Å². The zero-order chi connectivity index (χ0) is 24.0. The van der Waals surface area contributed by atoms with Crippen molar-refractivity contribution in [2.75, 3.05) is 29.9 Å². The van der Waals surface area contributed by atoms with Crippen LogP contribution in [0.4, 0.5) is 11.4 Å². The van der Waals surface area contributed by atoms with Gasteiger partial charge in [0, 0.05) is 31.4 Å². The number of rotatable bonds is 3. The number of para-hydroxylation sites is 1. The molecule has 3 aliphatic rings. The van der Waals surface area contributed by atoms with E-state index in [2.05, 4.69) is 11.4 Å². The number of piperidine rings is 1. The molecule has 0 aliphatic carbocycles. The molecule has 1 saturated heterocycles. The summed E-state index contributed by atoms with van der Waals surface area (Å²) >= 11 is 0. The number of carbonyl (C=O) groups excluding carboxylic acids is 2. The maximum Gasteiger partial charge on any atom is 0.265 e. The molecule has 2 aromatic carbocycles. The van der Waals surface area contributed by atoms with E-state index in [4.69, 9.17) is 4.74 Å². The minimum absolute atomic E-state index is 0.00548. The van der Waals surface area contributed by atoms with Gasteiger partial charge >= 0.3 is 0 Å². The molecule has 180 valence electrons. The summed E-state index contributed by atoms with van der Waals surface area (Å²) in [6.07, 6.45) is 2.44. The van der Waals surface area contributed by atoms with Crippen LogP contribution in [0.15, 0.2) is 41.3 Å². The topological polar surface area (TPSA) is 96.0 Å². The van der Waals surface area contributed by atoms with E-state index in [9.17, 15) is 18.0 Å². The van der Waals surface area contributed by atoms with Gasteiger partial charge < -0.3 is 15.0 Å². The van der Waals surface area contributed by atoms with Gasteiger partial charge in [-0.05, 0) is 62.8 Å². The summed E-state index contributed by atoms with van der Waals surface area (Å²) < 4.78 is 34.3. The van der Waals surface area contributed by atoms with Crippen molar-refractivity contribution in [2.45, 2.75) is 50.5 Å². The number of nitrogens with zero attached hydrogens (tertiary/aromatic N) is 2. The van der Waals surface area contributed by atoms with Gasteiger partial charge in [-0.15, -0.1) is 0 Å². The molecular formula is C25H29N3O5S. The Morgan fingerprint density at radius 3 is 2.76 bits per heavy atom. The van der Waals surface area contributed by atoms with Crippen LogP contribution in [0, 0.1) is 12.8 Å². The molecule has 2 amide bonds. The van der Waals surface area contributed by atoms with E-state index in [1.807, 2.05) is 23.1 Å². The number of hydrogen-bond acceptors (Lipinski definition) is 5. The predicted octanol–water partition coefficient (Wildman–Crippen LogP) is 3.09. The number of amides is 2. The lowest BCUT2D eigenvalue weighted by atomic mass is 9.95. The third-order valence-electron chi connectivity index (χ3n) is 6.94. The number of nitrogens with one attached hydrogen (secondary N) is 1. The molecule has 0 bridgehead atoms. The number of fused-ring (bicyclic) bond motifs is 2. The van der Waals surface area contributed by atoms with Gasteiger partial charge in [0.1, 0.15) is 5.75 Å². The first-order valence-corrected chi connectivity index (χ1v) is 13.2. The summed E-state index contributed by atoms with van der Waals surface area (Å²) in [6.45, 7) is 4.50. The monoisotopic (exact) mass is 483 g/mol. The van der Waals surface area contributed by atoms with Crippen molar-refractivity contribution in [3.63, 3.8) is 0 Å². The first kappa shape index (κ1) is 22.9. The first-order chi connectivity index (χ1) is 16.3. The Kier molecular flexibility index (Phi) is 5.85. The number of benzene rings is 2. The van der Waals surface area contributed by atoms with Gasteiger partial charge in [0.05, 0.1) is 16.5 Å². The minimum Gasteiger partial charge on any atom is -0.479 e. The molecule has 2 atom stereocenters. The van der Waals surface area contributed by atoms with Gasteiger partial charge in [0.2, 0.25) is 15.9 Å². The van der Waals surface area contributed by atoms with Gasteiger partial charge in [-0.25, -0.2) is 8.42 Å². The fraction of sp³-hybridized carbons (Fsp3) is 0.440. The Hall–Kier alpha value is -2.91. The Morgan fingerprint density at radius 2 is 1.94 bits per heavy atom. The Bertz CT molecular complexity index is 1260. The van der Waals surface area contributed by atoms with Crippen molar-refractivity contribution in [1.29, 1.82) is 0 Å². The lowest BCUT2D eigenvalue weighted by molar-refractivity contribution is -0.123. The second-order valence-corrected chi connectivity index (χ2v) is 11.2. The van der Waals surface area contributed by atoms with Crippen molar-refractivity contribution < 1.29 is 22.7 Å². The highest BCUT2D eigenvalue weighted by molar-refractivity contribution is 7.89. The normalized spacial score (nSPS) is 22.9. The van der Waals surface area contributed by atoms with Crippen molar-refractivity contribution in [3.05, 3.63) is 47.5 Å². The van der Waals surface area contributed by atoms with E-state index in [-0.39, 0.29) is 29.2 Å². The van der Waals surface area contributed by atoms with E-state index in [1.54, 1.807) is 19.9 Å². The third-order valence-corrected chi connectivity index (χ3v) is 8.94.